The number of aromatic nitrogens is 2. The summed E-state index contributed by atoms with van der Waals surface area (Å²) in [6, 6.07) is 0. The summed E-state index contributed by atoms with van der Waals surface area (Å²) in [5, 5.41) is 28.1. The molecule has 0 saturated carbocycles. The molecule has 0 saturated heterocycles. The van der Waals surface area contributed by atoms with E-state index in [2.05, 4.69) is 4.98 Å². The van der Waals surface area contributed by atoms with Crippen molar-refractivity contribution < 1.29 is 15.1 Å². The Morgan fingerprint density at radius 1 is 1.79 bits per heavy atom. The smallest absolute Gasteiger partial charge is 0.394 e. The number of imidazole rings is 1. The number of hydrogen-bond acceptors (Lipinski definition) is 5. The van der Waals surface area contributed by atoms with Crippen LogP contribution in [0.3, 0.4) is 0 Å². The summed E-state index contributed by atoms with van der Waals surface area (Å²) in [7, 11) is 0. The zero-order valence-corrected chi connectivity index (χ0v) is 9.16. The van der Waals surface area contributed by atoms with Crippen LogP contribution in [0.15, 0.2) is 6.33 Å². The van der Waals surface area contributed by atoms with Crippen molar-refractivity contribution in [1.82, 2.24) is 9.55 Å². The SMILES string of the molecule is O=[N+]([O-])c1ncn(CC(O)CO)c1I. The number of rotatable bonds is 4. The van der Waals surface area contributed by atoms with Crippen molar-refractivity contribution in [2.45, 2.75) is 12.6 Å². The van der Waals surface area contributed by atoms with Crippen molar-refractivity contribution in [3.63, 3.8) is 0 Å². The Labute approximate surface area is 92.7 Å². The van der Waals surface area contributed by atoms with Gasteiger partial charge in [-0.2, -0.15) is 0 Å². The zero-order chi connectivity index (χ0) is 10.7. The topological polar surface area (TPSA) is 101 Å². The van der Waals surface area contributed by atoms with Crippen LogP contribution >= 0.6 is 22.6 Å². The molecule has 1 unspecified atom stereocenters. The highest BCUT2D eigenvalue weighted by atomic mass is 127. The molecule has 1 rings (SSSR count). The van der Waals surface area contributed by atoms with Gasteiger partial charge in [-0.05, 0) is 32.5 Å². The number of hydrogen-bond donors (Lipinski definition) is 2. The summed E-state index contributed by atoms with van der Waals surface area (Å²) < 4.78 is 1.75. The van der Waals surface area contributed by atoms with Gasteiger partial charge in [0.25, 0.3) is 0 Å². The fourth-order valence-corrected chi connectivity index (χ4v) is 1.55. The van der Waals surface area contributed by atoms with Crippen molar-refractivity contribution in [2.24, 2.45) is 0 Å². The first-order valence-corrected chi connectivity index (χ1v) is 4.78. The van der Waals surface area contributed by atoms with E-state index in [4.69, 9.17) is 10.2 Å². The molecule has 0 aliphatic carbocycles. The lowest BCUT2D eigenvalue weighted by atomic mass is 10.4. The van der Waals surface area contributed by atoms with E-state index in [9.17, 15) is 10.1 Å². The molecule has 0 fully saturated rings. The minimum absolute atomic E-state index is 0.0929. The second kappa shape index (κ2) is 4.66. The minimum Gasteiger partial charge on any atom is -0.394 e. The molecule has 0 aliphatic heterocycles. The number of nitrogens with zero attached hydrogens (tertiary/aromatic N) is 3. The van der Waals surface area contributed by atoms with Gasteiger partial charge in [0.15, 0.2) is 3.70 Å². The van der Waals surface area contributed by atoms with Gasteiger partial charge < -0.3 is 20.3 Å². The molecule has 78 valence electrons. The Balaban J connectivity index is 2.84. The van der Waals surface area contributed by atoms with E-state index in [-0.39, 0.29) is 19.0 Å². The Morgan fingerprint density at radius 2 is 2.43 bits per heavy atom. The maximum atomic E-state index is 10.4. The van der Waals surface area contributed by atoms with Gasteiger partial charge in [-0.1, -0.05) is 0 Å². The second-order valence-corrected chi connectivity index (χ2v) is 3.63. The first-order valence-electron chi connectivity index (χ1n) is 3.70. The quantitative estimate of drug-likeness (QED) is 0.453. The molecule has 0 amide bonds. The number of aliphatic hydroxyl groups is 2. The highest BCUT2D eigenvalue weighted by molar-refractivity contribution is 14.1. The molecule has 7 nitrogen and oxygen atoms in total. The van der Waals surface area contributed by atoms with E-state index in [0.29, 0.717) is 3.70 Å². The van der Waals surface area contributed by atoms with E-state index in [0.717, 1.165) is 0 Å². The molecule has 0 spiro atoms. The predicted octanol–water partition coefficient (Wildman–Crippen LogP) is -0.251. The molecule has 0 aromatic carbocycles. The van der Waals surface area contributed by atoms with Gasteiger partial charge in [0.2, 0.25) is 6.33 Å². The van der Waals surface area contributed by atoms with Crippen molar-refractivity contribution in [2.75, 3.05) is 6.61 Å². The van der Waals surface area contributed by atoms with Gasteiger partial charge in [0.1, 0.15) is 0 Å². The van der Waals surface area contributed by atoms with Gasteiger partial charge >= 0.3 is 5.82 Å². The van der Waals surface area contributed by atoms with E-state index in [1.807, 2.05) is 0 Å². The largest absolute Gasteiger partial charge is 0.395 e. The zero-order valence-electron chi connectivity index (χ0n) is 7.00. The molecule has 0 bridgehead atoms. The first-order chi connectivity index (χ1) is 6.56. The normalized spacial score (nSPS) is 12.8. The van der Waals surface area contributed by atoms with Gasteiger partial charge in [-0.15, -0.1) is 0 Å². The molecule has 8 heteroatoms. The van der Waals surface area contributed by atoms with E-state index in [1.165, 1.54) is 10.9 Å². The maximum Gasteiger partial charge on any atom is 0.395 e. The van der Waals surface area contributed by atoms with Gasteiger partial charge in [-0.25, -0.2) is 0 Å². The van der Waals surface area contributed by atoms with Crippen LogP contribution < -0.4 is 0 Å². The van der Waals surface area contributed by atoms with Crippen LogP contribution in [0.5, 0.6) is 0 Å². The Bertz CT molecular complexity index is 340. The molecular formula is C6H8IN3O4. The van der Waals surface area contributed by atoms with Crippen LogP contribution in [0, 0.1) is 13.8 Å². The van der Waals surface area contributed by atoms with Crippen LogP contribution in [0.2, 0.25) is 0 Å². The van der Waals surface area contributed by atoms with Crippen molar-refractivity contribution in [3.05, 3.63) is 20.1 Å². The molecule has 2 N–H and O–H groups in total. The fraction of sp³-hybridized carbons (Fsp3) is 0.500. The molecule has 14 heavy (non-hydrogen) atoms. The van der Waals surface area contributed by atoms with Crippen molar-refractivity contribution in [3.8, 4) is 0 Å². The molecule has 1 aromatic heterocycles. The van der Waals surface area contributed by atoms with Crippen molar-refractivity contribution in [1.29, 1.82) is 0 Å². The Morgan fingerprint density at radius 3 is 2.86 bits per heavy atom. The fourth-order valence-electron chi connectivity index (χ4n) is 0.891. The average Bonchev–Trinajstić information content (AvgIpc) is 2.48. The summed E-state index contributed by atoms with van der Waals surface area (Å²) in [5.74, 6) is -0.240. The predicted molar refractivity (Wildman–Crippen MR) is 54.7 cm³/mol. The van der Waals surface area contributed by atoms with Crippen LogP contribution in [0.4, 0.5) is 5.82 Å². The Hall–Kier alpha value is -0.740. The molecule has 0 aliphatic rings. The number of halogens is 1. The van der Waals surface area contributed by atoms with Gasteiger partial charge in [0.05, 0.1) is 19.3 Å². The third-order valence-electron chi connectivity index (χ3n) is 1.55. The van der Waals surface area contributed by atoms with Crippen molar-refractivity contribution >= 4 is 28.4 Å². The monoisotopic (exact) mass is 313 g/mol. The summed E-state index contributed by atoms with van der Waals surface area (Å²) in [6.45, 7) is -0.294. The Kier molecular flexibility index (Phi) is 3.77. The second-order valence-electron chi connectivity index (χ2n) is 2.60. The van der Waals surface area contributed by atoms with E-state index >= 15 is 0 Å². The van der Waals surface area contributed by atoms with Crippen LogP contribution in [-0.4, -0.2) is 37.4 Å². The van der Waals surface area contributed by atoms with Crippen LogP contribution in [0.1, 0.15) is 0 Å². The average molecular weight is 313 g/mol. The lowest BCUT2D eigenvalue weighted by Gasteiger charge is -2.06. The molecule has 1 heterocycles. The standard InChI is InChI=1S/C6H8IN3O4/c7-5-6(10(13)14)8-3-9(5)1-4(12)2-11/h3-4,11-12H,1-2H2. The highest BCUT2D eigenvalue weighted by Crippen LogP contribution is 2.18. The molecule has 1 aromatic rings. The summed E-state index contributed by atoms with van der Waals surface area (Å²) >= 11 is 1.77. The van der Waals surface area contributed by atoms with Gasteiger partial charge in [0, 0.05) is 0 Å². The molecular weight excluding hydrogens is 305 g/mol. The van der Waals surface area contributed by atoms with Crippen LogP contribution in [-0.2, 0) is 6.54 Å². The van der Waals surface area contributed by atoms with Gasteiger partial charge in [-0.3, -0.25) is 4.57 Å². The molecule has 1 atom stereocenters. The summed E-state index contributed by atoms with van der Waals surface area (Å²) in [5.41, 5.74) is 0. The summed E-state index contributed by atoms with van der Waals surface area (Å²) in [6.07, 6.45) is 0.330. The first kappa shape index (κ1) is 11.3. The summed E-state index contributed by atoms with van der Waals surface area (Å²) in [4.78, 5) is 13.4. The number of aliphatic hydroxyl groups excluding tert-OH is 2. The minimum atomic E-state index is -0.933. The third kappa shape index (κ3) is 2.39. The highest BCUT2D eigenvalue weighted by Gasteiger charge is 2.20. The number of nitro groups is 1. The third-order valence-corrected chi connectivity index (χ3v) is 2.65. The van der Waals surface area contributed by atoms with Crippen LogP contribution in [0.25, 0.3) is 0 Å². The van der Waals surface area contributed by atoms with E-state index in [1.54, 1.807) is 22.6 Å². The molecule has 0 radical (unpaired) electrons. The van der Waals surface area contributed by atoms with E-state index < -0.39 is 11.0 Å². The maximum absolute atomic E-state index is 10.4. The lowest BCUT2D eigenvalue weighted by Crippen LogP contribution is -2.20. The lowest BCUT2D eigenvalue weighted by molar-refractivity contribution is -0.390.